The number of carbonyl (C=O) groups is 2. The van der Waals surface area contributed by atoms with E-state index in [-0.39, 0.29) is 5.92 Å². The maximum atomic E-state index is 13.4. The van der Waals surface area contributed by atoms with Gasteiger partial charge in [0.05, 0.1) is 6.61 Å². The van der Waals surface area contributed by atoms with Gasteiger partial charge in [-0.15, -0.1) is 0 Å². The SMILES string of the molecule is [2H]C1(OC(=O)[C@]2(C3CCCCC3)CCCCN2C(=O)CO)CCCCO1. The molecule has 2 saturated heterocycles. The van der Waals surface area contributed by atoms with Gasteiger partial charge in [0.2, 0.25) is 12.2 Å². The summed E-state index contributed by atoms with van der Waals surface area (Å²) < 4.78 is 19.5. The molecule has 1 amide bonds. The lowest BCUT2D eigenvalue weighted by Gasteiger charge is -2.50. The van der Waals surface area contributed by atoms with Gasteiger partial charge >= 0.3 is 5.97 Å². The highest BCUT2D eigenvalue weighted by Crippen LogP contribution is 2.43. The molecule has 25 heavy (non-hydrogen) atoms. The highest BCUT2D eigenvalue weighted by atomic mass is 16.7. The summed E-state index contributed by atoms with van der Waals surface area (Å²) in [6.07, 6.45) is 7.49. The first-order chi connectivity index (χ1) is 12.5. The van der Waals surface area contributed by atoms with Gasteiger partial charge in [0.1, 0.15) is 13.5 Å². The largest absolute Gasteiger partial charge is 0.434 e. The van der Waals surface area contributed by atoms with E-state index < -0.39 is 30.3 Å². The molecule has 0 aromatic carbocycles. The van der Waals surface area contributed by atoms with E-state index in [1.54, 1.807) is 4.90 Å². The van der Waals surface area contributed by atoms with E-state index in [9.17, 15) is 14.7 Å². The van der Waals surface area contributed by atoms with Crippen LogP contribution in [0.1, 0.15) is 72.0 Å². The molecule has 3 aliphatic rings. The van der Waals surface area contributed by atoms with Gasteiger partial charge in [-0.3, -0.25) is 4.79 Å². The molecule has 2 heterocycles. The van der Waals surface area contributed by atoms with Gasteiger partial charge in [0.25, 0.3) is 0 Å². The van der Waals surface area contributed by atoms with Crippen LogP contribution in [0.2, 0.25) is 0 Å². The Morgan fingerprint density at radius 1 is 1.12 bits per heavy atom. The van der Waals surface area contributed by atoms with Crippen LogP contribution in [0.15, 0.2) is 0 Å². The maximum Gasteiger partial charge on any atom is 0.334 e. The Labute approximate surface area is 151 Å². The smallest absolute Gasteiger partial charge is 0.334 e. The molecule has 6 nitrogen and oxygen atoms in total. The summed E-state index contributed by atoms with van der Waals surface area (Å²) in [5, 5.41) is 9.47. The van der Waals surface area contributed by atoms with Crippen LogP contribution in [0.5, 0.6) is 0 Å². The molecule has 6 heteroatoms. The Kier molecular flexibility index (Phi) is 5.87. The Bertz CT molecular complexity index is 516. The third kappa shape index (κ3) is 3.85. The lowest BCUT2D eigenvalue weighted by Crippen LogP contribution is -2.65. The summed E-state index contributed by atoms with van der Waals surface area (Å²) in [6.45, 7) is 0.258. The van der Waals surface area contributed by atoms with Crippen molar-refractivity contribution in [2.45, 2.75) is 82.4 Å². The van der Waals surface area contributed by atoms with Crippen molar-refractivity contribution in [3.8, 4) is 0 Å². The molecule has 3 fully saturated rings. The number of hydrogen-bond donors (Lipinski definition) is 1. The molecule has 0 aromatic rings. The van der Waals surface area contributed by atoms with Crippen molar-refractivity contribution in [2.24, 2.45) is 5.92 Å². The topological polar surface area (TPSA) is 76.1 Å². The van der Waals surface area contributed by atoms with Crippen molar-refractivity contribution >= 4 is 11.9 Å². The molecule has 3 rings (SSSR count). The first kappa shape index (κ1) is 17.3. The van der Waals surface area contributed by atoms with Crippen molar-refractivity contribution < 1.29 is 25.5 Å². The molecule has 0 radical (unpaired) electrons. The van der Waals surface area contributed by atoms with Crippen LogP contribution in [-0.2, 0) is 19.1 Å². The maximum absolute atomic E-state index is 13.4. The number of aliphatic hydroxyl groups is 1. The number of rotatable bonds is 4. The number of ether oxygens (including phenoxy) is 2. The summed E-state index contributed by atoms with van der Waals surface area (Å²) in [6, 6.07) is 0. The van der Waals surface area contributed by atoms with E-state index >= 15 is 0 Å². The predicted molar refractivity (Wildman–Crippen MR) is 91.6 cm³/mol. The number of nitrogens with zero attached hydrogens (tertiary/aromatic N) is 1. The third-order valence-electron chi connectivity index (χ3n) is 5.99. The third-order valence-corrected chi connectivity index (χ3v) is 5.99. The fraction of sp³-hybridized carbons (Fsp3) is 0.895. The molecule has 142 valence electrons. The average molecular weight is 354 g/mol. The molecule has 0 spiro atoms. The Morgan fingerprint density at radius 2 is 1.88 bits per heavy atom. The van der Waals surface area contributed by atoms with Gasteiger partial charge in [-0.1, -0.05) is 19.3 Å². The van der Waals surface area contributed by atoms with E-state index in [2.05, 4.69) is 0 Å². The summed E-state index contributed by atoms with van der Waals surface area (Å²) in [7, 11) is 0. The lowest BCUT2D eigenvalue weighted by molar-refractivity contribution is -0.207. The summed E-state index contributed by atoms with van der Waals surface area (Å²) in [4.78, 5) is 27.5. The molecule has 0 bridgehead atoms. The quantitative estimate of drug-likeness (QED) is 0.785. The van der Waals surface area contributed by atoms with E-state index in [4.69, 9.17) is 10.8 Å². The first-order valence-corrected chi connectivity index (χ1v) is 9.80. The fourth-order valence-electron chi connectivity index (χ4n) is 4.72. The highest BCUT2D eigenvalue weighted by molar-refractivity contribution is 5.89. The number of piperidine rings is 1. The number of carbonyl (C=O) groups excluding carboxylic acids is 2. The number of hydrogen-bond acceptors (Lipinski definition) is 5. The van der Waals surface area contributed by atoms with E-state index in [1.807, 2.05) is 0 Å². The van der Waals surface area contributed by atoms with Crippen molar-refractivity contribution in [1.82, 2.24) is 4.90 Å². The van der Waals surface area contributed by atoms with E-state index in [1.165, 1.54) is 0 Å². The lowest BCUT2D eigenvalue weighted by atomic mass is 9.69. The minimum atomic E-state index is -1.65. The van der Waals surface area contributed by atoms with Crippen LogP contribution < -0.4 is 0 Å². The van der Waals surface area contributed by atoms with Crippen molar-refractivity contribution in [3.63, 3.8) is 0 Å². The van der Waals surface area contributed by atoms with Crippen LogP contribution >= 0.6 is 0 Å². The number of amides is 1. The van der Waals surface area contributed by atoms with Crippen LogP contribution in [0.25, 0.3) is 0 Å². The van der Waals surface area contributed by atoms with Gasteiger partial charge in [0, 0.05) is 13.0 Å². The standard InChI is InChI=1S/C19H31NO5/c21-14-16(22)20-12-6-5-11-19(20,15-8-2-1-3-9-15)18(23)25-17-10-4-7-13-24-17/h15,17,21H,1-14H2/t17?,19-/m1/s1/i17D. The van der Waals surface area contributed by atoms with Crippen molar-refractivity contribution in [2.75, 3.05) is 19.8 Å². The van der Waals surface area contributed by atoms with E-state index in [0.29, 0.717) is 26.0 Å². The zero-order valence-electron chi connectivity index (χ0n) is 16.0. The Balaban J connectivity index is 1.90. The first-order valence-electron chi connectivity index (χ1n) is 10.3. The van der Waals surface area contributed by atoms with Crippen molar-refractivity contribution in [3.05, 3.63) is 0 Å². The summed E-state index contributed by atoms with van der Waals surface area (Å²) >= 11 is 0. The second kappa shape index (κ2) is 8.49. The molecular weight excluding hydrogens is 322 g/mol. The average Bonchev–Trinajstić information content (AvgIpc) is 2.68. The van der Waals surface area contributed by atoms with Gasteiger partial charge in [0.15, 0.2) is 0 Å². The van der Waals surface area contributed by atoms with E-state index in [0.717, 1.165) is 57.8 Å². The zero-order valence-corrected chi connectivity index (χ0v) is 15.0. The molecule has 1 N–H and O–H groups in total. The van der Waals surface area contributed by atoms with Crippen LogP contribution in [0.3, 0.4) is 0 Å². The summed E-state index contributed by atoms with van der Waals surface area (Å²) in [5.74, 6) is -0.912. The van der Waals surface area contributed by atoms with Gasteiger partial charge in [-0.25, -0.2) is 4.79 Å². The second-order valence-corrected chi connectivity index (χ2v) is 7.49. The number of esters is 1. The normalized spacial score (nSPS) is 35.1. The Morgan fingerprint density at radius 3 is 2.56 bits per heavy atom. The minimum Gasteiger partial charge on any atom is -0.434 e. The van der Waals surface area contributed by atoms with Crippen LogP contribution in [-0.4, -0.2) is 53.4 Å². The minimum absolute atomic E-state index is 0.0201. The molecular formula is C19H31NO5. The number of aliphatic hydroxyl groups excluding tert-OH is 1. The predicted octanol–water partition coefficient (Wildman–Crippen LogP) is 2.38. The Hall–Kier alpha value is -1.14. The monoisotopic (exact) mass is 354 g/mol. The van der Waals surface area contributed by atoms with Crippen molar-refractivity contribution in [1.29, 1.82) is 0 Å². The van der Waals surface area contributed by atoms with Gasteiger partial charge in [-0.2, -0.15) is 0 Å². The van der Waals surface area contributed by atoms with Crippen LogP contribution in [0, 0.1) is 5.92 Å². The van der Waals surface area contributed by atoms with Crippen LogP contribution in [0.4, 0.5) is 0 Å². The zero-order chi connectivity index (χ0) is 18.6. The molecule has 2 aliphatic heterocycles. The number of likely N-dealkylation sites (tertiary alicyclic amines) is 1. The molecule has 0 aromatic heterocycles. The van der Waals surface area contributed by atoms with Gasteiger partial charge in [-0.05, 0) is 50.9 Å². The summed E-state index contributed by atoms with van der Waals surface area (Å²) in [5.41, 5.74) is -1.06. The molecule has 1 aliphatic carbocycles. The fourth-order valence-corrected chi connectivity index (χ4v) is 4.72. The second-order valence-electron chi connectivity index (χ2n) is 7.49. The van der Waals surface area contributed by atoms with Gasteiger partial charge < -0.3 is 19.5 Å². The molecule has 1 saturated carbocycles. The molecule has 1 unspecified atom stereocenters. The highest BCUT2D eigenvalue weighted by Gasteiger charge is 2.54. The molecule has 2 atom stereocenters.